The van der Waals surface area contributed by atoms with Gasteiger partial charge in [0.15, 0.2) is 0 Å². The molecule has 0 spiro atoms. The Hall–Kier alpha value is -3.73. The van der Waals surface area contributed by atoms with Crippen LogP contribution in [-0.2, 0) is 6.42 Å². The van der Waals surface area contributed by atoms with E-state index in [1.165, 1.54) is 6.20 Å². The minimum Gasteiger partial charge on any atom is -0.387 e. The Labute approximate surface area is 186 Å². The molecule has 5 rings (SSSR count). The number of benzene rings is 1. The Kier molecular flexibility index (Phi) is 5.33. The van der Waals surface area contributed by atoms with E-state index in [-0.39, 0.29) is 17.6 Å². The Balaban J connectivity index is 1.36. The van der Waals surface area contributed by atoms with Gasteiger partial charge in [0.05, 0.1) is 41.8 Å². The van der Waals surface area contributed by atoms with Crippen molar-refractivity contribution in [1.29, 1.82) is 0 Å². The van der Waals surface area contributed by atoms with Crippen LogP contribution in [0.5, 0.6) is 0 Å². The second-order valence-corrected chi connectivity index (χ2v) is 8.08. The van der Waals surface area contributed by atoms with E-state index in [1.54, 1.807) is 28.9 Å². The van der Waals surface area contributed by atoms with Gasteiger partial charge in [-0.25, -0.2) is 13.3 Å². The summed E-state index contributed by atoms with van der Waals surface area (Å²) >= 11 is 0. The third-order valence-corrected chi connectivity index (χ3v) is 5.55. The molecule has 3 heterocycles. The first-order valence-electron chi connectivity index (χ1n) is 10.4. The van der Waals surface area contributed by atoms with E-state index < -0.39 is 19.0 Å². The molecule has 9 nitrogen and oxygen atoms in total. The molecule has 1 saturated carbocycles. The minimum absolute atomic E-state index is 0.103. The average molecular weight is 454 g/mol. The summed E-state index contributed by atoms with van der Waals surface area (Å²) in [6.45, 7) is 1.83. The van der Waals surface area contributed by atoms with E-state index >= 15 is 0 Å². The minimum atomic E-state index is -2.91. The van der Waals surface area contributed by atoms with E-state index in [2.05, 4.69) is 25.5 Å². The number of amides is 1. The first kappa shape index (κ1) is 21.1. The predicted molar refractivity (Wildman–Crippen MR) is 113 cm³/mol. The molecule has 0 saturated heterocycles. The number of carbonyl (C=O) groups excluding carboxylic acids is 1. The van der Waals surface area contributed by atoms with Crippen LogP contribution in [0.4, 0.5) is 14.5 Å². The lowest BCUT2D eigenvalue weighted by Crippen LogP contribution is -2.20. The Morgan fingerprint density at radius 1 is 1.33 bits per heavy atom. The van der Waals surface area contributed by atoms with Crippen LogP contribution in [0.2, 0.25) is 0 Å². The number of aliphatic hydroxyl groups is 1. The molecule has 1 amide bonds. The SMILES string of the molecule is Cc1ccc(-c2noc(C[C@@H](O)C(F)F)n2)cc1NC(=O)c1cnn2cc(C3CC3)ncc12. The van der Waals surface area contributed by atoms with Crippen molar-refractivity contribution in [2.75, 3.05) is 5.32 Å². The molecule has 1 aliphatic rings. The summed E-state index contributed by atoms with van der Waals surface area (Å²) in [4.78, 5) is 21.5. The van der Waals surface area contributed by atoms with Gasteiger partial charge < -0.3 is 14.9 Å². The second kappa shape index (κ2) is 8.32. The number of hydrogen-bond donors (Lipinski definition) is 2. The summed E-state index contributed by atoms with van der Waals surface area (Å²) in [6.07, 6.45) is 2.02. The van der Waals surface area contributed by atoms with Crippen molar-refractivity contribution in [2.45, 2.75) is 44.6 Å². The van der Waals surface area contributed by atoms with Crippen molar-refractivity contribution in [3.63, 3.8) is 0 Å². The number of nitrogens with one attached hydrogen (secondary N) is 1. The van der Waals surface area contributed by atoms with Crippen LogP contribution >= 0.6 is 0 Å². The Bertz CT molecular complexity index is 1330. The van der Waals surface area contributed by atoms with Gasteiger partial charge in [0.2, 0.25) is 11.7 Å². The number of rotatable bonds is 7. The highest BCUT2D eigenvalue weighted by Gasteiger charge is 2.26. The van der Waals surface area contributed by atoms with Crippen LogP contribution in [0.1, 0.15) is 46.3 Å². The first-order valence-corrected chi connectivity index (χ1v) is 10.4. The molecule has 0 radical (unpaired) electrons. The van der Waals surface area contributed by atoms with E-state index in [0.717, 1.165) is 24.1 Å². The van der Waals surface area contributed by atoms with Crippen LogP contribution in [0.3, 0.4) is 0 Å². The van der Waals surface area contributed by atoms with E-state index in [1.807, 2.05) is 13.1 Å². The number of aromatic nitrogens is 5. The molecule has 0 aliphatic heterocycles. The summed E-state index contributed by atoms with van der Waals surface area (Å²) in [5.41, 5.74) is 3.81. The lowest BCUT2D eigenvalue weighted by atomic mass is 10.1. The molecular formula is C22H20F2N6O3. The molecule has 1 aromatic carbocycles. The zero-order valence-corrected chi connectivity index (χ0v) is 17.6. The molecule has 1 fully saturated rings. The van der Waals surface area contributed by atoms with Gasteiger partial charge >= 0.3 is 0 Å². The van der Waals surface area contributed by atoms with Gasteiger partial charge in [-0.05, 0) is 31.4 Å². The smallest absolute Gasteiger partial charge is 0.264 e. The molecule has 1 aliphatic carbocycles. The van der Waals surface area contributed by atoms with Gasteiger partial charge in [-0.1, -0.05) is 17.3 Å². The fourth-order valence-electron chi connectivity index (χ4n) is 3.47. The highest BCUT2D eigenvalue weighted by Crippen LogP contribution is 2.38. The molecule has 1 atom stereocenters. The lowest BCUT2D eigenvalue weighted by Gasteiger charge is -2.09. The average Bonchev–Trinajstić information content (AvgIpc) is 3.40. The Morgan fingerprint density at radius 2 is 2.15 bits per heavy atom. The molecule has 4 aromatic rings. The number of aliphatic hydroxyl groups excluding tert-OH is 1. The van der Waals surface area contributed by atoms with Gasteiger partial charge in [-0.3, -0.25) is 9.78 Å². The standard InChI is InChI=1S/C22H20F2N6O3/c1-11-2-3-13(21-28-19(33-29-21)7-18(31)20(23)24)6-15(11)27-22(32)14-8-26-30-10-16(12-4-5-12)25-9-17(14)30/h2-3,6,8-10,12,18,20,31H,4-5,7H2,1H3,(H,27,32)/t18-/m1/s1. The number of halogens is 2. The number of aryl methyl sites for hydroxylation is 1. The van der Waals surface area contributed by atoms with Crippen LogP contribution in [0.25, 0.3) is 16.9 Å². The van der Waals surface area contributed by atoms with Crippen LogP contribution in [-0.4, -0.2) is 48.3 Å². The van der Waals surface area contributed by atoms with Crippen molar-refractivity contribution in [3.05, 3.63) is 59.5 Å². The lowest BCUT2D eigenvalue weighted by molar-refractivity contribution is -0.00754. The molecule has 3 aromatic heterocycles. The maximum atomic E-state index is 13.0. The number of alkyl halides is 2. The summed E-state index contributed by atoms with van der Waals surface area (Å²) < 4.78 is 31.7. The van der Waals surface area contributed by atoms with E-state index in [4.69, 9.17) is 4.52 Å². The normalized spacial score (nSPS) is 14.7. The maximum absolute atomic E-state index is 13.0. The molecule has 2 N–H and O–H groups in total. The van der Waals surface area contributed by atoms with Crippen molar-refractivity contribution in [1.82, 2.24) is 24.7 Å². The zero-order chi connectivity index (χ0) is 23.1. The van der Waals surface area contributed by atoms with E-state index in [9.17, 15) is 18.7 Å². The maximum Gasteiger partial charge on any atom is 0.264 e. The molecule has 0 unspecified atom stereocenters. The number of fused-ring (bicyclic) bond motifs is 1. The molecule has 170 valence electrons. The van der Waals surface area contributed by atoms with Gasteiger partial charge in [0.25, 0.3) is 12.3 Å². The van der Waals surface area contributed by atoms with Crippen molar-refractivity contribution >= 4 is 17.1 Å². The van der Waals surface area contributed by atoms with Gasteiger partial charge in [-0.15, -0.1) is 0 Å². The van der Waals surface area contributed by atoms with Crippen molar-refractivity contribution in [3.8, 4) is 11.4 Å². The third-order valence-electron chi connectivity index (χ3n) is 5.55. The monoisotopic (exact) mass is 454 g/mol. The van der Waals surface area contributed by atoms with Crippen molar-refractivity contribution < 1.29 is 23.2 Å². The van der Waals surface area contributed by atoms with Gasteiger partial charge in [-0.2, -0.15) is 10.1 Å². The number of nitrogens with zero attached hydrogens (tertiary/aromatic N) is 5. The highest BCUT2D eigenvalue weighted by atomic mass is 19.3. The molecule has 0 bridgehead atoms. The van der Waals surface area contributed by atoms with Crippen molar-refractivity contribution in [2.24, 2.45) is 0 Å². The zero-order valence-electron chi connectivity index (χ0n) is 17.6. The fraction of sp³-hybridized carbons (Fsp3) is 0.318. The summed E-state index contributed by atoms with van der Waals surface area (Å²) in [6, 6.07) is 5.16. The van der Waals surface area contributed by atoms with Crippen LogP contribution < -0.4 is 5.32 Å². The predicted octanol–water partition coefficient (Wildman–Crippen LogP) is 3.39. The second-order valence-electron chi connectivity index (χ2n) is 8.08. The molecule has 11 heteroatoms. The number of carbonyl (C=O) groups is 1. The topological polar surface area (TPSA) is 118 Å². The summed E-state index contributed by atoms with van der Waals surface area (Å²) in [7, 11) is 0. The summed E-state index contributed by atoms with van der Waals surface area (Å²) in [5, 5.41) is 20.3. The highest BCUT2D eigenvalue weighted by molar-refractivity contribution is 6.09. The largest absolute Gasteiger partial charge is 0.387 e. The van der Waals surface area contributed by atoms with Crippen LogP contribution in [0.15, 0.2) is 41.3 Å². The molecular weight excluding hydrogens is 434 g/mol. The first-order chi connectivity index (χ1) is 15.9. The van der Waals surface area contributed by atoms with Gasteiger partial charge in [0, 0.05) is 17.2 Å². The molecule has 33 heavy (non-hydrogen) atoms. The fourth-order valence-corrected chi connectivity index (χ4v) is 3.47. The van der Waals surface area contributed by atoms with Crippen LogP contribution in [0, 0.1) is 6.92 Å². The third kappa shape index (κ3) is 4.31. The Morgan fingerprint density at radius 3 is 2.91 bits per heavy atom. The number of anilines is 1. The number of hydrogen-bond acceptors (Lipinski definition) is 7. The summed E-state index contributed by atoms with van der Waals surface area (Å²) in [5.74, 6) is 0.189. The quantitative estimate of drug-likeness (QED) is 0.439. The van der Waals surface area contributed by atoms with E-state index in [0.29, 0.717) is 28.2 Å². The van der Waals surface area contributed by atoms with Gasteiger partial charge in [0.1, 0.15) is 6.10 Å².